The van der Waals surface area contributed by atoms with E-state index in [2.05, 4.69) is 32.4 Å². The molecule has 1 unspecified atom stereocenters. The highest BCUT2D eigenvalue weighted by Gasteiger charge is 2.25. The first kappa shape index (κ1) is 18.3. The van der Waals surface area contributed by atoms with Crippen LogP contribution in [0.2, 0.25) is 5.02 Å². The van der Waals surface area contributed by atoms with Crippen LogP contribution in [0.25, 0.3) is 0 Å². The standard InChI is InChI=1S/C14H22ClN5.HI/c1-3-7-18-14(16-2)19-11-6-9-20(10-11)13-12(15)5-4-8-17-13;/h4-5,8,11H,3,6-7,9-10H2,1-2H3,(H2,16,18,19);1H. The number of halogens is 2. The largest absolute Gasteiger partial charge is 0.356 e. The minimum absolute atomic E-state index is 0. The van der Waals surface area contributed by atoms with Gasteiger partial charge in [0.2, 0.25) is 0 Å². The molecule has 0 aromatic carbocycles. The Bertz CT molecular complexity index is 468. The third kappa shape index (κ3) is 5.18. The van der Waals surface area contributed by atoms with E-state index in [0.29, 0.717) is 11.1 Å². The lowest BCUT2D eigenvalue weighted by Crippen LogP contribution is -2.44. The monoisotopic (exact) mass is 423 g/mol. The van der Waals surface area contributed by atoms with Gasteiger partial charge in [0.05, 0.1) is 5.02 Å². The van der Waals surface area contributed by atoms with Crippen LogP contribution >= 0.6 is 35.6 Å². The Kier molecular flexibility index (Phi) is 8.10. The first-order valence-electron chi connectivity index (χ1n) is 7.07. The first-order valence-corrected chi connectivity index (χ1v) is 7.45. The topological polar surface area (TPSA) is 52.6 Å². The molecule has 21 heavy (non-hydrogen) atoms. The van der Waals surface area contributed by atoms with Gasteiger partial charge < -0.3 is 15.5 Å². The molecule has 1 aromatic rings. The van der Waals surface area contributed by atoms with Crippen LogP contribution in [-0.4, -0.2) is 43.7 Å². The molecular weight excluding hydrogens is 401 g/mol. The summed E-state index contributed by atoms with van der Waals surface area (Å²) < 4.78 is 0. The van der Waals surface area contributed by atoms with Crippen LogP contribution in [0, 0.1) is 0 Å². The molecule has 7 heteroatoms. The Morgan fingerprint density at radius 3 is 3.05 bits per heavy atom. The van der Waals surface area contributed by atoms with Crippen molar-refractivity contribution in [1.82, 2.24) is 15.6 Å². The fourth-order valence-electron chi connectivity index (χ4n) is 2.31. The van der Waals surface area contributed by atoms with E-state index in [0.717, 1.165) is 44.3 Å². The number of aliphatic imine (C=N–C) groups is 1. The third-order valence-electron chi connectivity index (χ3n) is 3.33. The van der Waals surface area contributed by atoms with Gasteiger partial charge in [-0.05, 0) is 25.0 Å². The van der Waals surface area contributed by atoms with E-state index in [1.807, 2.05) is 12.1 Å². The number of anilines is 1. The van der Waals surface area contributed by atoms with Gasteiger partial charge in [-0.25, -0.2) is 4.98 Å². The molecule has 118 valence electrons. The highest BCUT2D eigenvalue weighted by Crippen LogP contribution is 2.25. The van der Waals surface area contributed by atoms with Crippen molar-refractivity contribution in [2.75, 3.05) is 31.6 Å². The molecule has 1 fully saturated rings. The molecule has 2 N–H and O–H groups in total. The van der Waals surface area contributed by atoms with Crippen molar-refractivity contribution in [1.29, 1.82) is 0 Å². The summed E-state index contributed by atoms with van der Waals surface area (Å²) in [6.45, 7) is 4.92. The van der Waals surface area contributed by atoms with E-state index in [1.165, 1.54) is 0 Å². The fraction of sp³-hybridized carbons (Fsp3) is 0.571. The minimum Gasteiger partial charge on any atom is -0.356 e. The summed E-state index contributed by atoms with van der Waals surface area (Å²) in [6.07, 6.45) is 3.92. The zero-order valence-electron chi connectivity index (χ0n) is 12.5. The lowest BCUT2D eigenvalue weighted by molar-refractivity contribution is 0.646. The Balaban J connectivity index is 0.00000220. The van der Waals surface area contributed by atoms with Gasteiger partial charge in [0, 0.05) is 38.9 Å². The second kappa shape index (κ2) is 9.30. The highest BCUT2D eigenvalue weighted by molar-refractivity contribution is 14.0. The average molecular weight is 424 g/mol. The van der Waals surface area contributed by atoms with E-state index in [-0.39, 0.29) is 24.0 Å². The van der Waals surface area contributed by atoms with Crippen molar-refractivity contribution < 1.29 is 0 Å². The van der Waals surface area contributed by atoms with Crippen LogP contribution < -0.4 is 15.5 Å². The molecule has 0 amide bonds. The van der Waals surface area contributed by atoms with Crippen molar-refractivity contribution in [2.24, 2.45) is 4.99 Å². The summed E-state index contributed by atoms with van der Waals surface area (Å²) in [6, 6.07) is 4.11. The van der Waals surface area contributed by atoms with Crippen molar-refractivity contribution in [3.05, 3.63) is 23.4 Å². The third-order valence-corrected chi connectivity index (χ3v) is 3.63. The number of aromatic nitrogens is 1. The van der Waals surface area contributed by atoms with Gasteiger partial charge in [-0.2, -0.15) is 0 Å². The number of rotatable bonds is 4. The SMILES string of the molecule is CCCNC(=NC)NC1CCN(c2ncccc2Cl)C1.I. The average Bonchev–Trinajstić information content (AvgIpc) is 2.92. The summed E-state index contributed by atoms with van der Waals surface area (Å²) in [5.74, 6) is 1.74. The molecule has 1 aliphatic rings. The smallest absolute Gasteiger partial charge is 0.191 e. The van der Waals surface area contributed by atoms with Crippen molar-refractivity contribution in [2.45, 2.75) is 25.8 Å². The van der Waals surface area contributed by atoms with Crippen molar-refractivity contribution in [3.63, 3.8) is 0 Å². The Labute approximate surface area is 148 Å². The van der Waals surface area contributed by atoms with E-state index in [9.17, 15) is 0 Å². The molecule has 0 aliphatic carbocycles. The van der Waals surface area contributed by atoms with E-state index >= 15 is 0 Å². The molecule has 0 bridgehead atoms. The summed E-state index contributed by atoms with van der Waals surface area (Å²) in [7, 11) is 1.80. The van der Waals surface area contributed by atoms with Gasteiger partial charge in [0.1, 0.15) is 5.82 Å². The summed E-state index contributed by atoms with van der Waals surface area (Å²) in [4.78, 5) is 10.8. The van der Waals surface area contributed by atoms with Crippen LogP contribution in [0.15, 0.2) is 23.3 Å². The maximum atomic E-state index is 6.19. The van der Waals surface area contributed by atoms with Crippen LogP contribution in [0.5, 0.6) is 0 Å². The van der Waals surface area contributed by atoms with E-state index in [1.54, 1.807) is 13.2 Å². The van der Waals surface area contributed by atoms with Crippen molar-refractivity contribution >= 4 is 47.4 Å². The number of pyridine rings is 1. The summed E-state index contributed by atoms with van der Waals surface area (Å²) in [5, 5.41) is 7.45. The molecule has 5 nitrogen and oxygen atoms in total. The maximum Gasteiger partial charge on any atom is 0.191 e. The van der Waals surface area contributed by atoms with Gasteiger partial charge in [-0.15, -0.1) is 24.0 Å². The minimum atomic E-state index is 0. The number of nitrogens with zero attached hydrogens (tertiary/aromatic N) is 3. The van der Waals surface area contributed by atoms with Gasteiger partial charge in [0.25, 0.3) is 0 Å². The van der Waals surface area contributed by atoms with E-state index in [4.69, 9.17) is 11.6 Å². The molecule has 0 saturated carbocycles. The van der Waals surface area contributed by atoms with Gasteiger partial charge >= 0.3 is 0 Å². The second-order valence-electron chi connectivity index (χ2n) is 4.88. The number of nitrogens with one attached hydrogen (secondary N) is 2. The molecule has 1 saturated heterocycles. The Morgan fingerprint density at radius 1 is 1.57 bits per heavy atom. The molecular formula is C14H23ClIN5. The molecule has 2 rings (SSSR count). The summed E-state index contributed by atoms with van der Waals surface area (Å²) >= 11 is 6.19. The predicted octanol–water partition coefficient (Wildman–Crippen LogP) is 2.51. The molecule has 0 radical (unpaired) electrons. The van der Waals surface area contributed by atoms with Gasteiger partial charge in [-0.3, -0.25) is 4.99 Å². The number of hydrogen-bond acceptors (Lipinski definition) is 3. The van der Waals surface area contributed by atoms with Crippen LogP contribution in [-0.2, 0) is 0 Å². The van der Waals surface area contributed by atoms with Crippen molar-refractivity contribution in [3.8, 4) is 0 Å². The quantitative estimate of drug-likeness (QED) is 0.444. The lowest BCUT2D eigenvalue weighted by atomic mass is 10.3. The number of guanidine groups is 1. The Hall–Kier alpha value is -0.760. The summed E-state index contributed by atoms with van der Waals surface area (Å²) in [5.41, 5.74) is 0. The zero-order chi connectivity index (χ0) is 14.4. The number of hydrogen-bond donors (Lipinski definition) is 2. The molecule has 2 heterocycles. The fourth-order valence-corrected chi connectivity index (χ4v) is 2.55. The highest BCUT2D eigenvalue weighted by atomic mass is 127. The molecule has 1 aromatic heterocycles. The lowest BCUT2D eigenvalue weighted by Gasteiger charge is -2.20. The van der Waals surface area contributed by atoms with Gasteiger partial charge in [0.15, 0.2) is 5.96 Å². The molecule has 1 aliphatic heterocycles. The van der Waals surface area contributed by atoms with Crippen LogP contribution in [0.1, 0.15) is 19.8 Å². The van der Waals surface area contributed by atoms with Crippen LogP contribution in [0.3, 0.4) is 0 Å². The van der Waals surface area contributed by atoms with E-state index < -0.39 is 0 Å². The zero-order valence-corrected chi connectivity index (χ0v) is 15.6. The van der Waals surface area contributed by atoms with Crippen LogP contribution in [0.4, 0.5) is 5.82 Å². The maximum absolute atomic E-state index is 6.19. The second-order valence-corrected chi connectivity index (χ2v) is 5.29. The molecule has 1 atom stereocenters. The van der Waals surface area contributed by atoms with Gasteiger partial charge in [-0.1, -0.05) is 18.5 Å². The first-order chi connectivity index (χ1) is 9.74. The normalized spacial score (nSPS) is 18.3. The predicted molar refractivity (Wildman–Crippen MR) is 100 cm³/mol. The Morgan fingerprint density at radius 2 is 2.38 bits per heavy atom. The molecule has 0 spiro atoms.